The topological polar surface area (TPSA) is 0 Å². The Bertz CT molecular complexity index is 206. The lowest BCUT2D eigenvalue weighted by molar-refractivity contribution is 0.389. The molecule has 0 spiro atoms. The van der Waals surface area contributed by atoms with Gasteiger partial charge in [0, 0.05) is 13.3 Å². The lowest BCUT2D eigenvalue weighted by atomic mass is 9.91. The molecule has 0 rings (SSSR count). The summed E-state index contributed by atoms with van der Waals surface area (Å²) in [5.74, 6) is 6.69. The minimum atomic E-state index is 0.944. The molecule has 0 amide bonds. The Balaban J connectivity index is 3.38. The van der Waals surface area contributed by atoms with Crippen molar-refractivity contribution in [3.63, 3.8) is 0 Å². The van der Waals surface area contributed by atoms with Gasteiger partial charge in [0.05, 0.1) is 0 Å². The third-order valence-corrected chi connectivity index (χ3v) is 3.62. The van der Waals surface area contributed by atoms with Crippen LogP contribution >= 0.6 is 0 Å². The summed E-state index contributed by atoms with van der Waals surface area (Å²) in [6.45, 7) is 9.82. The van der Waals surface area contributed by atoms with Crippen LogP contribution in [0, 0.1) is 31.6 Å². The van der Waals surface area contributed by atoms with Crippen molar-refractivity contribution >= 4 is 0 Å². The van der Waals surface area contributed by atoms with Gasteiger partial charge < -0.3 is 0 Å². The van der Waals surface area contributed by atoms with Crippen molar-refractivity contribution in [1.29, 1.82) is 0 Å². The normalized spacial score (nSPS) is 11.9. The maximum absolute atomic E-state index is 4.00. The van der Waals surface area contributed by atoms with Crippen LogP contribution in [0.4, 0.5) is 0 Å². The molecule has 0 aromatic rings. The molecule has 0 saturated carbocycles. The van der Waals surface area contributed by atoms with Crippen molar-refractivity contribution in [2.24, 2.45) is 5.92 Å². The van der Waals surface area contributed by atoms with Crippen molar-refractivity contribution in [1.82, 2.24) is 0 Å². The predicted octanol–water partition coefficient (Wildman–Crippen LogP) is 5.98. The first-order chi connectivity index (χ1) is 8.85. The van der Waals surface area contributed by atoms with E-state index in [-0.39, 0.29) is 0 Å². The van der Waals surface area contributed by atoms with Crippen molar-refractivity contribution in [2.45, 2.75) is 84.0 Å². The highest BCUT2D eigenvalue weighted by molar-refractivity contribution is 5.00. The zero-order chi connectivity index (χ0) is 13.5. The molecule has 0 heterocycles. The standard InChI is InChI=1S/C18H32/c1-4-7-9-10-11-12-13-14-17-18(15-6-3)16-8-5-2/h18H,1,3,5-6,8-17H2,2H3. The van der Waals surface area contributed by atoms with E-state index < -0.39 is 0 Å². The fourth-order valence-electron chi connectivity index (χ4n) is 2.48. The van der Waals surface area contributed by atoms with Gasteiger partial charge in [-0.3, -0.25) is 0 Å². The van der Waals surface area contributed by atoms with Crippen LogP contribution in [0.15, 0.2) is 0 Å². The van der Waals surface area contributed by atoms with E-state index in [4.69, 9.17) is 0 Å². The van der Waals surface area contributed by atoms with Gasteiger partial charge in [-0.15, -0.1) is 11.8 Å². The molecule has 0 aromatic heterocycles. The zero-order valence-corrected chi connectivity index (χ0v) is 12.5. The Morgan fingerprint density at radius 1 is 0.889 bits per heavy atom. The molecule has 0 aromatic carbocycles. The van der Waals surface area contributed by atoms with Crippen LogP contribution in [0.25, 0.3) is 0 Å². The van der Waals surface area contributed by atoms with Crippen LogP contribution in [-0.4, -0.2) is 0 Å². The van der Waals surface area contributed by atoms with Crippen molar-refractivity contribution < 1.29 is 0 Å². The Kier molecular flexibility index (Phi) is 14.3. The van der Waals surface area contributed by atoms with E-state index in [1.807, 2.05) is 0 Å². The Hall–Kier alpha value is -0.440. The van der Waals surface area contributed by atoms with Crippen LogP contribution in [0.5, 0.6) is 0 Å². The SMILES string of the molecule is [CH2]C#CCCCCCCCC(CC[CH2])CCCC. The summed E-state index contributed by atoms with van der Waals surface area (Å²) in [7, 11) is 0. The number of unbranched alkanes of at least 4 members (excludes halogenated alkanes) is 6. The van der Waals surface area contributed by atoms with Gasteiger partial charge in [0.25, 0.3) is 0 Å². The molecule has 1 unspecified atom stereocenters. The lowest BCUT2D eigenvalue weighted by Crippen LogP contribution is -2.00. The van der Waals surface area contributed by atoms with E-state index in [1.165, 1.54) is 64.2 Å². The molecule has 0 fully saturated rings. The molecule has 2 radical (unpaired) electrons. The minimum Gasteiger partial charge on any atom is -0.103 e. The third-order valence-electron chi connectivity index (χ3n) is 3.62. The molecule has 1 atom stereocenters. The molecule has 104 valence electrons. The van der Waals surface area contributed by atoms with Gasteiger partial charge in [-0.2, -0.15) is 0 Å². The van der Waals surface area contributed by atoms with Gasteiger partial charge in [-0.25, -0.2) is 0 Å². The smallest absolute Gasteiger partial charge is 0.0198 e. The second-order valence-electron chi connectivity index (χ2n) is 5.31. The Morgan fingerprint density at radius 3 is 2.22 bits per heavy atom. The van der Waals surface area contributed by atoms with Gasteiger partial charge in [-0.05, 0) is 12.3 Å². The van der Waals surface area contributed by atoms with Gasteiger partial charge in [-0.1, -0.05) is 78.1 Å². The average molecular weight is 248 g/mol. The molecule has 0 saturated heterocycles. The van der Waals surface area contributed by atoms with Crippen LogP contribution in [-0.2, 0) is 0 Å². The summed E-state index contributed by atoms with van der Waals surface area (Å²) in [5, 5.41) is 0. The lowest BCUT2D eigenvalue weighted by Gasteiger charge is -2.15. The summed E-state index contributed by atoms with van der Waals surface area (Å²) in [6, 6.07) is 0. The van der Waals surface area contributed by atoms with Crippen molar-refractivity contribution in [3.05, 3.63) is 13.8 Å². The zero-order valence-electron chi connectivity index (χ0n) is 12.5. The fourth-order valence-corrected chi connectivity index (χ4v) is 2.48. The second-order valence-corrected chi connectivity index (χ2v) is 5.31. The summed E-state index contributed by atoms with van der Waals surface area (Å²) in [5.41, 5.74) is 0. The largest absolute Gasteiger partial charge is 0.103 e. The maximum atomic E-state index is 4.00. The van der Waals surface area contributed by atoms with Crippen LogP contribution < -0.4 is 0 Å². The van der Waals surface area contributed by atoms with Crippen molar-refractivity contribution in [3.8, 4) is 11.8 Å². The molecule has 0 heteroatoms. The first kappa shape index (κ1) is 17.6. The molecule has 0 aliphatic heterocycles. The average Bonchev–Trinajstić information content (AvgIpc) is 2.39. The first-order valence-electron chi connectivity index (χ1n) is 7.89. The van der Waals surface area contributed by atoms with Crippen LogP contribution in [0.2, 0.25) is 0 Å². The number of hydrogen-bond donors (Lipinski definition) is 0. The van der Waals surface area contributed by atoms with E-state index in [9.17, 15) is 0 Å². The van der Waals surface area contributed by atoms with Crippen LogP contribution in [0.3, 0.4) is 0 Å². The molecule has 18 heavy (non-hydrogen) atoms. The third kappa shape index (κ3) is 12.0. The summed E-state index contributed by atoms with van der Waals surface area (Å²) in [6.07, 6.45) is 15.8. The molecule has 0 aliphatic rings. The maximum Gasteiger partial charge on any atom is 0.0198 e. The van der Waals surface area contributed by atoms with Crippen molar-refractivity contribution in [2.75, 3.05) is 0 Å². The molecule has 0 bridgehead atoms. The van der Waals surface area contributed by atoms with E-state index in [0.29, 0.717) is 0 Å². The first-order valence-corrected chi connectivity index (χ1v) is 7.89. The van der Waals surface area contributed by atoms with Crippen LogP contribution in [0.1, 0.15) is 84.0 Å². The van der Waals surface area contributed by atoms with Gasteiger partial charge in [0.15, 0.2) is 0 Å². The summed E-state index contributed by atoms with van der Waals surface area (Å²) >= 11 is 0. The van der Waals surface area contributed by atoms with Gasteiger partial charge in [0.1, 0.15) is 0 Å². The highest BCUT2D eigenvalue weighted by Gasteiger charge is 2.06. The quantitative estimate of drug-likeness (QED) is 0.294. The summed E-state index contributed by atoms with van der Waals surface area (Å²) in [4.78, 5) is 0. The molecule has 0 nitrogen and oxygen atoms in total. The second kappa shape index (κ2) is 14.6. The predicted molar refractivity (Wildman–Crippen MR) is 83.1 cm³/mol. The Labute approximate surface area is 116 Å². The highest BCUT2D eigenvalue weighted by atomic mass is 14.1. The van der Waals surface area contributed by atoms with E-state index >= 15 is 0 Å². The monoisotopic (exact) mass is 248 g/mol. The molecular formula is C18H32. The minimum absolute atomic E-state index is 0.944. The molecular weight excluding hydrogens is 216 g/mol. The Morgan fingerprint density at radius 2 is 1.56 bits per heavy atom. The highest BCUT2D eigenvalue weighted by Crippen LogP contribution is 2.21. The number of rotatable bonds is 12. The van der Waals surface area contributed by atoms with E-state index in [0.717, 1.165) is 18.8 Å². The molecule has 0 N–H and O–H groups in total. The summed E-state index contributed by atoms with van der Waals surface area (Å²) < 4.78 is 0. The fraction of sp³-hybridized carbons (Fsp3) is 0.778. The van der Waals surface area contributed by atoms with Gasteiger partial charge >= 0.3 is 0 Å². The number of hydrogen-bond acceptors (Lipinski definition) is 0. The van der Waals surface area contributed by atoms with Gasteiger partial charge in [0.2, 0.25) is 0 Å². The van der Waals surface area contributed by atoms with E-state index in [2.05, 4.69) is 32.6 Å². The molecule has 0 aliphatic carbocycles. The van der Waals surface area contributed by atoms with E-state index in [1.54, 1.807) is 0 Å².